The summed E-state index contributed by atoms with van der Waals surface area (Å²) in [6, 6.07) is 18.1. The minimum absolute atomic E-state index is 0.224. The first-order valence-corrected chi connectivity index (χ1v) is 8.94. The molecule has 0 amide bonds. The van der Waals surface area contributed by atoms with Crippen molar-refractivity contribution >= 4 is 5.69 Å². The highest BCUT2D eigenvalue weighted by Crippen LogP contribution is 2.18. The molecule has 5 nitrogen and oxygen atoms in total. The molecule has 0 unspecified atom stereocenters. The van der Waals surface area contributed by atoms with Crippen LogP contribution in [0.25, 0.3) is 0 Å². The lowest BCUT2D eigenvalue weighted by Crippen LogP contribution is -2.42. The van der Waals surface area contributed by atoms with E-state index in [9.17, 15) is 10.1 Å². The summed E-state index contributed by atoms with van der Waals surface area (Å²) < 4.78 is 0. The zero-order chi connectivity index (χ0) is 17.5. The lowest BCUT2D eigenvalue weighted by molar-refractivity contribution is -0.385. The van der Waals surface area contributed by atoms with Crippen molar-refractivity contribution in [2.45, 2.75) is 31.8 Å². The van der Waals surface area contributed by atoms with Crippen molar-refractivity contribution in [1.29, 1.82) is 0 Å². The van der Waals surface area contributed by atoms with Crippen LogP contribution in [-0.4, -0.2) is 35.5 Å². The van der Waals surface area contributed by atoms with Crippen molar-refractivity contribution in [2.24, 2.45) is 0 Å². The standard InChI is InChI=1S/C20H25N3O2/c24-23(25)20-9-5-4-8-18(20)10-13-21-19-11-14-22(15-12-19)16-17-6-2-1-3-7-17/h1-9,19,21H,10-16H2. The van der Waals surface area contributed by atoms with Gasteiger partial charge in [-0.25, -0.2) is 0 Å². The number of hydrogen-bond donors (Lipinski definition) is 1. The van der Waals surface area contributed by atoms with E-state index in [2.05, 4.69) is 40.5 Å². The second-order valence-corrected chi connectivity index (χ2v) is 6.63. The molecular weight excluding hydrogens is 314 g/mol. The predicted octanol–water partition coefficient (Wildman–Crippen LogP) is 3.39. The van der Waals surface area contributed by atoms with Crippen LogP contribution in [0.3, 0.4) is 0 Å². The van der Waals surface area contributed by atoms with Crippen LogP contribution in [0.15, 0.2) is 54.6 Å². The summed E-state index contributed by atoms with van der Waals surface area (Å²) in [7, 11) is 0. The van der Waals surface area contributed by atoms with Crippen LogP contribution < -0.4 is 5.32 Å². The van der Waals surface area contributed by atoms with Gasteiger partial charge in [-0.15, -0.1) is 0 Å². The van der Waals surface area contributed by atoms with Gasteiger partial charge in [-0.2, -0.15) is 0 Å². The second-order valence-electron chi connectivity index (χ2n) is 6.63. The molecule has 1 aliphatic rings. The van der Waals surface area contributed by atoms with E-state index in [1.54, 1.807) is 12.1 Å². The van der Waals surface area contributed by atoms with Gasteiger partial charge < -0.3 is 5.32 Å². The lowest BCUT2D eigenvalue weighted by atomic mass is 10.0. The number of benzene rings is 2. The number of rotatable bonds is 7. The molecule has 0 aliphatic carbocycles. The number of nitro groups is 1. The van der Waals surface area contributed by atoms with E-state index in [4.69, 9.17) is 0 Å². The molecule has 2 aromatic rings. The third-order valence-electron chi connectivity index (χ3n) is 4.85. The van der Waals surface area contributed by atoms with E-state index in [0.717, 1.165) is 44.6 Å². The third kappa shape index (κ3) is 5.11. The Balaban J connectivity index is 1.40. The van der Waals surface area contributed by atoms with Crippen LogP contribution in [0.2, 0.25) is 0 Å². The minimum atomic E-state index is -0.294. The summed E-state index contributed by atoms with van der Waals surface area (Å²) in [5.74, 6) is 0. The van der Waals surface area contributed by atoms with Gasteiger partial charge in [0.25, 0.3) is 5.69 Å². The first-order valence-electron chi connectivity index (χ1n) is 8.94. The highest BCUT2D eigenvalue weighted by atomic mass is 16.6. The molecule has 1 N–H and O–H groups in total. The summed E-state index contributed by atoms with van der Waals surface area (Å²) in [5, 5.41) is 14.6. The maximum Gasteiger partial charge on any atom is 0.272 e. The van der Waals surface area contributed by atoms with Crippen molar-refractivity contribution in [3.63, 3.8) is 0 Å². The molecule has 3 rings (SSSR count). The Labute approximate surface area is 148 Å². The summed E-state index contributed by atoms with van der Waals surface area (Å²) >= 11 is 0. The molecule has 5 heteroatoms. The Morgan fingerprint density at radius 3 is 2.44 bits per heavy atom. The fourth-order valence-electron chi connectivity index (χ4n) is 3.45. The largest absolute Gasteiger partial charge is 0.314 e. The van der Waals surface area contributed by atoms with Gasteiger partial charge in [0.2, 0.25) is 0 Å². The van der Waals surface area contributed by atoms with Gasteiger partial charge in [0.15, 0.2) is 0 Å². The van der Waals surface area contributed by atoms with Gasteiger partial charge in [-0.3, -0.25) is 15.0 Å². The summed E-state index contributed by atoms with van der Waals surface area (Å²) in [6.45, 7) is 3.99. The molecule has 0 aromatic heterocycles. The van der Waals surface area contributed by atoms with Gasteiger partial charge in [-0.05, 0) is 44.5 Å². The molecule has 1 saturated heterocycles. The van der Waals surface area contributed by atoms with Crippen LogP contribution in [0, 0.1) is 10.1 Å². The molecule has 0 saturated carbocycles. The van der Waals surface area contributed by atoms with Crippen molar-refractivity contribution in [2.75, 3.05) is 19.6 Å². The van der Waals surface area contributed by atoms with Crippen molar-refractivity contribution in [1.82, 2.24) is 10.2 Å². The van der Waals surface area contributed by atoms with Crippen LogP contribution >= 0.6 is 0 Å². The van der Waals surface area contributed by atoms with Gasteiger partial charge in [0.1, 0.15) is 0 Å². The van der Waals surface area contributed by atoms with Gasteiger partial charge in [0.05, 0.1) is 4.92 Å². The van der Waals surface area contributed by atoms with E-state index in [0.29, 0.717) is 12.5 Å². The molecule has 2 aromatic carbocycles. The summed E-state index contributed by atoms with van der Waals surface area (Å²) in [6.07, 6.45) is 2.95. The van der Waals surface area contributed by atoms with Crippen LogP contribution in [-0.2, 0) is 13.0 Å². The van der Waals surface area contributed by atoms with Crippen molar-refractivity contribution in [3.05, 3.63) is 75.8 Å². The maximum atomic E-state index is 11.1. The SMILES string of the molecule is O=[N+]([O-])c1ccccc1CCNC1CCN(Cc2ccccc2)CC1. The normalized spacial score (nSPS) is 16.0. The monoisotopic (exact) mass is 339 g/mol. The van der Waals surface area contributed by atoms with E-state index in [1.807, 2.05) is 12.1 Å². The average Bonchev–Trinajstić information content (AvgIpc) is 2.64. The van der Waals surface area contributed by atoms with Crippen LogP contribution in [0.1, 0.15) is 24.0 Å². The zero-order valence-electron chi connectivity index (χ0n) is 14.4. The van der Waals surface area contributed by atoms with E-state index in [-0.39, 0.29) is 10.6 Å². The van der Waals surface area contributed by atoms with Gasteiger partial charge in [0, 0.05) is 24.2 Å². The second kappa shape index (κ2) is 8.74. The molecule has 1 aliphatic heterocycles. The maximum absolute atomic E-state index is 11.1. The number of nitro benzene ring substituents is 1. The van der Waals surface area contributed by atoms with Gasteiger partial charge in [-0.1, -0.05) is 48.5 Å². The molecule has 0 radical (unpaired) electrons. The first-order chi connectivity index (χ1) is 12.2. The van der Waals surface area contributed by atoms with Gasteiger partial charge >= 0.3 is 0 Å². The smallest absolute Gasteiger partial charge is 0.272 e. The minimum Gasteiger partial charge on any atom is -0.314 e. The molecule has 1 heterocycles. The van der Waals surface area contributed by atoms with E-state index in [1.165, 1.54) is 5.56 Å². The Bertz CT molecular complexity index is 682. The fourth-order valence-corrected chi connectivity index (χ4v) is 3.45. The summed E-state index contributed by atoms with van der Waals surface area (Å²) in [4.78, 5) is 13.3. The molecule has 25 heavy (non-hydrogen) atoms. The first kappa shape index (κ1) is 17.6. The average molecular weight is 339 g/mol. The highest BCUT2D eigenvalue weighted by Gasteiger charge is 2.19. The molecule has 1 fully saturated rings. The number of hydrogen-bond acceptors (Lipinski definition) is 4. The molecule has 0 spiro atoms. The van der Waals surface area contributed by atoms with E-state index < -0.39 is 0 Å². The molecule has 0 bridgehead atoms. The molecular formula is C20H25N3O2. The van der Waals surface area contributed by atoms with E-state index >= 15 is 0 Å². The Morgan fingerprint density at radius 1 is 1.04 bits per heavy atom. The van der Waals surface area contributed by atoms with Crippen molar-refractivity contribution in [3.8, 4) is 0 Å². The lowest BCUT2D eigenvalue weighted by Gasteiger charge is -2.32. The predicted molar refractivity (Wildman–Crippen MR) is 99.5 cm³/mol. The number of para-hydroxylation sites is 1. The molecule has 132 valence electrons. The number of nitrogens with one attached hydrogen (secondary N) is 1. The quantitative estimate of drug-likeness (QED) is 0.620. The molecule has 0 atom stereocenters. The Kier molecular flexibility index (Phi) is 6.14. The number of piperidine rings is 1. The Morgan fingerprint density at radius 2 is 1.72 bits per heavy atom. The number of likely N-dealkylation sites (tertiary alicyclic amines) is 1. The Hall–Kier alpha value is -2.24. The fraction of sp³-hybridized carbons (Fsp3) is 0.400. The third-order valence-corrected chi connectivity index (χ3v) is 4.85. The van der Waals surface area contributed by atoms with Crippen LogP contribution in [0.4, 0.5) is 5.69 Å². The van der Waals surface area contributed by atoms with Crippen molar-refractivity contribution < 1.29 is 4.92 Å². The number of nitrogens with zero attached hydrogens (tertiary/aromatic N) is 2. The topological polar surface area (TPSA) is 58.4 Å². The summed E-state index contributed by atoms with van der Waals surface area (Å²) in [5.41, 5.74) is 2.40. The highest BCUT2D eigenvalue weighted by molar-refractivity contribution is 5.39. The van der Waals surface area contributed by atoms with Crippen LogP contribution in [0.5, 0.6) is 0 Å². The zero-order valence-corrected chi connectivity index (χ0v) is 14.4.